The minimum absolute atomic E-state index is 0. The van der Waals surface area contributed by atoms with E-state index in [9.17, 15) is 23.1 Å². The number of ketones is 1. The molecule has 0 amide bonds. The molecular weight excluding hydrogens is 1290 g/mol. The van der Waals surface area contributed by atoms with Crippen LogP contribution in [0.4, 0.5) is 13.2 Å². The summed E-state index contributed by atoms with van der Waals surface area (Å²) in [6.45, 7) is 35.4. The first-order valence-electron chi connectivity index (χ1n) is 32.4. The minimum Gasteiger partial charge on any atom is -0.512 e. The summed E-state index contributed by atoms with van der Waals surface area (Å²) in [6, 6.07) is 46.3. The van der Waals surface area contributed by atoms with Crippen molar-refractivity contribution in [1.29, 1.82) is 0 Å². The summed E-state index contributed by atoms with van der Waals surface area (Å²) in [5.74, 6) is -2.00. The van der Waals surface area contributed by atoms with Crippen LogP contribution in [0.5, 0.6) is 0 Å². The van der Waals surface area contributed by atoms with Gasteiger partial charge in [-0.1, -0.05) is 210 Å². The molecule has 10 aromatic rings. The van der Waals surface area contributed by atoms with Gasteiger partial charge in [-0.05, 0) is 164 Å². The van der Waals surface area contributed by atoms with Crippen LogP contribution < -0.4 is 0 Å². The van der Waals surface area contributed by atoms with Crippen LogP contribution in [0.25, 0.3) is 87.1 Å². The standard InChI is InChI=1S/C35H36N.C34H34N.C13H21F3O2.Ir/c1-21-11-12-25-23(15-21)16-30-29(31(25)20-35(5,6)7)18-24-17-28-22(19-34(2,3)4)9-8-10-26(28)27-13-14-36-33(30)32(24)27;1-33(2,3)19-22-11-9-13-25-26-14-15-35-32-29-16-21-10-7-8-12-24(21)30(20-34(4,5)6)28(29)18-23(31(26)32)17-27(22)25;1-4-9(5-2)11(17)7-12(18)10(6-3)8-13(14,15)16;/h8-15,17H,18-20H2,1-7H3;7-15,17H,18-20H2,1-6H3;7,9-10,18H,4-6,8H2,1-3H3;/q2*-1;;/b;;12-7-;. The Labute approximate surface area is 547 Å². The summed E-state index contributed by atoms with van der Waals surface area (Å²) in [5.41, 5.74) is 18.2. The van der Waals surface area contributed by atoms with Crippen molar-refractivity contribution in [3.8, 4) is 22.5 Å². The molecule has 2 heterocycles. The van der Waals surface area contributed by atoms with Gasteiger partial charge in [0.1, 0.15) is 0 Å². The van der Waals surface area contributed by atoms with Gasteiger partial charge in [0.2, 0.25) is 0 Å². The predicted octanol–water partition coefficient (Wildman–Crippen LogP) is 22.9. The molecule has 4 nitrogen and oxygen atoms in total. The molecule has 0 spiro atoms. The van der Waals surface area contributed by atoms with Gasteiger partial charge < -0.3 is 5.11 Å². The van der Waals surface area contributed by atoms with E-state index in [1.165, 1.54) is 126 Å². The molecule has 2 aliphatic carbocycles. The van der Waals surface area contributed by atoms with Gasteiger partial charge in [0.15, 0.2) is 5.78 Å². The molecule has 2 aromatic heterocycles. The molecule has 0 saturated heterocycles. The second kappa shape index (κ2) is 26.1. The first kappa shape index (κ1) is 67.7. The van der Waals surface area contributed by atoms with Crippen LogP contribution in [0.1, 0.15) is 180 Å². The summed E-state index contributed by atoms with van der Waals surface area (Å²) in [7, 11) is 0. The molecule has 90 heavy (non-hydrogen) atoms. The van der Waals surface area contributed by atoms with E-state index in [1.807, 2.05) is 26.2 Å². The second-order valence-corrected chi connectivity index (χ2v) is 30.5. The average Bonchev–Trinajstić information content (AvgIpc) is 0.730. The molecule has 0 saturated carbocycles. The van der Waals surface area contributed by atoms with Crippen molar-refractivity contribution in [2.24, 2.45) is 33.5 Å². The topological polar surface area (TPSA) is 63.1 Å². The summed E-state index contributed by atoms with van der Waals surface area (Å²) in [6.07, 6.45) is 7.03. The molecule has 1 unspecified atom stereocenters. The largest absolute Gasteiger partial charge is 0.512 e. The Hall–Kier alpha value is -6.73. The number of alkyl halides is 3. The molecule has 0 fully saturated rings. The number of aryl methyl sites for hydroxylation is 1. The van der Waals surface area contributed by atoms with Gasteiger partial charge in [-0.15, -0.1) is 57.3 Å². The maximum absolute atomic E-state index is 12.3. The number of nitrogens with zero attached hydrogens (tertiary/aromatic N) is 2. The zero-order chi connectivity index (χ0) is 64.3. The fourth-order valence-electron chi connectivity index (χ4n) is 14.0. The number of hydrogen-bond acceptors (Lipinski definition) is 4. The van der Waals surface area contributed by atoms with Gasteiger partial charge >= 0.3 is 6.18 Å². The quantitative estimate of drug-likeness (QED) is 0.0607. The van der Waals surface area contributed by atoms with Crippen molar-refractivity contribution >= 4 is 70.4 Å². The number of aliphatic hydroxyl groups excluding tert-OH is 1. The summed E-state index contributed by atoms with van der Waals surface area (Å²) >= 11 is 0. The summed E-state index contributed by atoms with van der Waals surface area (Å²) < 4.78 is 36.8. The first-order valence-corrected chi connectivity index (χ1v) is 32.4. The van der Waals surface area contributed by atoms with E-state index >= 15 is 0 Å². The van der Waals surface area contributed by atoms with E-state index in [0.29, 0.717) is 12.8 Å². The van der Waals surface area contributed by atoms with E-state index in [2.05, 4.69) is 205 Å². The molecule has 8 aromatic carbocycles. The van der Waals surface area contributed by atoms with E-state index in [1.54, 1.807) is 6.92 Å². The van der Waals surface area contributed by atoms with Gasteiger partial charge in [0, 0.05) is 61.8 Å². The molecule has 12 rings (SSSR count). The third-order valence-corrected chi connectivity index (χ3v) is 17.9. The smallest absolute Gasteiger partial charge is 0.389 e. The van der Waals surface area contributed by atoms with Crippen LogP contribution >= 0.6 is 0 Å². The third-order valence-electron chi connectivity index (χ3n) is 17.9. The van der Waals surface area contributed by atoms with Gasteiger partial charge in [-0.25, -0.2) is 0 Å². The molecule has 8 heteroatoms. The van der Waals surface area contributed by atoms with Crippen molar-refractivity contribution in [3.63, 3.8) is 0 Å². The number of carbonyl (C=O) groups excluding carboxylic acids is 1. The monoisotopic (exact) mass is 1390 g/mol. The SMILES string of the molecule is CC(C)(C)Cc1c2c([c-]c3ccccc13)-c1nccc3c1c(cc1c(CC(C)(C)C)cccc13)C2.CCC(CC)C(=O)/C=C(\O)C(CC)CC(F)(F)F.Cc1ccc2c(CC(C)(C)C)c3c([c-]c2c1)-c1nccc2c1c(cc1c(CC(C)(C)C)cccc12)C3.[Ir]. The maximum Gasteiger partial charge on any atom is 0.389 e. The number of hydrogen-bond donors (Lipinski definition) is 1. The van der Waals surface area contributed by atoms with Gasteiger partial charge in [-0.2, -0.15) is 13.2 Å². The molecule has 0 bridgehead atoms. The Bertz CT molecular complexity index is 4390. The van der Waals surface area contributed by atoms with Crippen LogP contribution in [0.2, 0.25) is 0 Å². The molecule has 0 aliphatic heterocycles. The number of rotatable bonds is 11. The van der Waals surface area contributed by atoms with Crippen molar-refractivity contribution in [1.82, 2.24) is 9.97 Å². The van der Waals surface area contributed by atoms with Gasteiger partial charge in [0.05, 0.1) is 12.2 Å². The number of allylic oxidation sites excluding steroid dienone is 2. The Morgan fingerprint density at radius 1 is 0.522 bits per heavy atom. The maximum atomic E-state index is 12.3. The first-order chi connectivity index (χ1) is 41.8. The van der Waals surface area contributed by atoms with Crippen LogP contribution in [0, 0.1) is 52.6 Å². The number of halogens is 3. The van der Waals surface area contributed by atoms with Crippen LogP contribution in [-0.4, -0.2) is 27.0 Å². The number of aliphatic hydroxyl groups is 1. The number of aromatic nitrogens is 2. The Morgan fingerprint density at radius 3 is 1.40 bits per heavy atom. The molecular formula is C82H91F3IrN2O2-2. The van der Waals surface area contributed by atoms with E-state index < -0.39 is 24.3 Å². The Kier molecular flexibility index (Phi) is 19.6. The number of pyridine rings is 2. The van der Waals surface area contributed by atoms with Gasteiger partial charge in [0.25, 0.3) is 0 Å². The number of benzene rings is 8. The molecule has 1 N–H and O–H groups in total. The average molecular weight is 1390 g/mol. The van der Waals surface area contributed by atoms with Crippen molar-refractivity contribution in [2.45, 2.75) is 181 Å². The number of carbonyl (C=O) groups is 1. The molecule has 2 aliphatic rings. The van der Waals surface area contributed by atoms with Crippen molar-refractivity contribution in [3.05, 3.63) is 190 Å². The van der Waals surface area contributed by atoms with Crippen molar-refractivity contribution in [2.75, 3.05) is 0 Å². The van der Waals surface area contributed by atoms with Crippen LogP contribution in [-0.2, 0) is 63.4 Å². The van der Waals surface area contributed by atoms with E-state index in [4.69, 9.17) is 9.97 Å². The zero-order valence-corrected chi connectivity index (χ0v) is 58.4. The normalized spacial score (nSPS) is 13.7. The Morgan fingerprint density at radius 2 is 0.956 bits per heavy atom. The van der Waals surface area contributed by atoms with Crippen LogP contribution in [0.15, 0.2) is 127 Å². The predicted molar refractivity (Wildman–Crippen MR) is 369 cm³/mol. The van der Waals surface area contributed by atoms with E-state index in [-0.39, 0.29) is 59.9 Å². The molecule has 1 atom stereocenters. The van der Waals surface area contributed by atoms with Crippen molar-refractivity contribution < 1.29 is 43.2 Å². The fourth-order valence-corrected chi connectivity index (χ4v) is 14.0. The number of fused-ring (bicyclic) bond motifs is 10. The second-order valence-electron chi connectivity index (χ2n) is 30.5. The Balaban J connectivity index is 0.000000169. The van der Waals surface area contributed by atoms with Crippen LogP contribution in [0.3, 0.4) is 0 Å². The van der Waals surface area contributed by atoms with Gasteiger partial charge in [-0.3, -0.25) is 14.8 Å². The fraction of sp³-hybridized carbons (Fsp3) is 0.402. The minimum atomic E-state index is -4.33. The summed E-state index contributed by atoms with van der Waals surface area (Å²) in [5, 5.41) is 25.5. The zero-order valence-electron chi connectivity index (χ0n) is 56.0. The third kappa shape index (κ3) is 14.8. The molecule has 1 radical (unpaired) electrons. The van der Waals surface area contributed by atoms with E-state index in [0.717, 1.165) is 56.0 Å². The molecule has 473 valence electrons. The summed E-state index contributed by atoms with van der Waals surface area (Å²) in [4.78, 5) is 21.7.